The number of thiocarbonyl (C=S) groups is 1. The molecular weight excluding hydrogens is 294 g/mol. The van der Waals surface area contributed by atoms with Crippen LogP contribution in [-0.2, 0) is 15.8 Å². The first-order chi connectivity index (χ1) is 9.22. The second-order valence-corrected chi connectivity index (χ2v) is 7.46. The third-order valence-electron chi connectivity index (χ3n) is 2.90. The van der Waals surface area contributed by atoms with Crippen molar-refractivity contribution in [1.29, 1.82) is 0 Å². The molecule has 0 heterocycles. The van der Waals surface area contributed by atoms with Crippen molar-refractivity contribution >= 4 is 27.2 Å². The summed E-state index contributed by atoms with van der Waals surface area (Å²) in [5.41, 5.74) is 6.92. The summed E-state index contributed by atoms with van der Waals surface area (Å²) in [4.78, 5) is 2.21. The lowest BCUT2D eigenvalue weighted by molar-refractivity contribution is 0.358. The minimum absolute atomic E-state index is 0.0482. The van der Waals surface area contributed by atoms with Crippen molar-refractivity contribution in [3.05, 3.63) is 35.4 Å². The van der Waals surface area contributed by atoms with Gasteiger partial charge in [0, 0.05) is 25.7 Å². The Balaban J connectivity index is 2.80. The topological polar surface area (TPSA) is 66.6 Å². The first-order valence-electron chi connectivity index (χ1n) is 6.20. The summed E-state index contributed by atoms with van der Waals surface area (Å²) in [5.74, 6) is -0.0482. The molecular formula is C13H21N3O2S2. The van der Waals surface area contributed by atoms with Crippen LogP contribution in [0, 0.1) is 0 Å². The van der Waals surface area contributed by atoms with Crippen molar-refractivity contribution in [3.63, 3.8) is 0 Å². The summed E-state index contributed by atoms with van der Waals surface area (Å²) in [5, 5.41) is 0. The maximum absolute atomic E-state index is 12.2. The molecule has 0 saturated carbocycles. The first-order valence-corrected chi connectivity index (χ1v) is 8.21. The fraction of sp³-hybridized carbons (Fsp3) is 0.462. The van der Waals surface area contributed by atoms with Crippen LogP contribution in [0.25, 0.3) is 0 Å². The molecule has 0 amide bonds. The third kappa shape index (κ3) is 5.16. The first kappa shape index (κ1) is 17.0. The van der Waals surface area contributed by atoms with E-state index in [1.807, 2.05) is 19.0 Å². The molecule has 0 saturated heterocycles. The Morgan fingerprint density at radius 1 is 1.25 bits per heavy atom. The minimum Gasteiger partial charge on any atom is -0.389 e. The van der Waals surface area contributed by atoms with Gasteiger partial charge in [0.15, 0.2) is 0 Å². The summed E-state index contributed by atoms with van der Waals surface area (Å²) in [6.07, 6.45) is 0. The van der Waals surface area contributed by atoms with E-state index in [9.17, 15) is 8.42 Å². The molecule has 1 aromatic carbocycles. The standard InChI is InChI=1S/C13H21N3O2S2/c1-15(2)7-8-16(3)20(17,18)10-11-5-4-6-12(9-11)13(14)19/h4-6,9H,7-8,10H2,1-3H3,(H2,14,19). The molecule has 0 aliphatic heterocycles. The van der Waals surface area contributed by atoms with Gasteiger partial charge >= 0.3 is 0 Å². The number of benzene rings is 1. The van der Waals surface area contributed by atoms with Crippen LogP contribution >= 0.6 is 12.2 Å². The number of nitrogens with two attached hydrogens (primary N) is 1. The number of hydrogen-bond donors (Lipinski definition) is 1. The molecule has 1 aromatic rings. The SMILES string of the molecule is CN(C)CCN(C)S(=O)(=O)Cc1cccc(C(N)=S)c1. The molecule has 20 heavy (non-hydrogen) atoms. The number of sulfonamides is 1. The smallest absolute Gasteiger partial charge is 0.218 e. The molecule has 0 unspecified atom stereocenters. The lowest BCUT2D eigenvalue weighted by Gasteiger charge is -2.19. The lowest BCUT2D eigenvalue weighted by Crippen LogP contribution is -2.34. The van der Waals surface area contributed by atoms with Crippen molar-refractivity contribution in [2.45, 2.75) is 5.75 Å². The Hall–Kier alpha value is -1.02. The molecule has 0 bridgehead atoms. The summed E-state index contributed by atoms with van der Waals surface area (Å²) in [6.45, 7) is 1.15. The molecule has 0 fully saturated rings. The van der Waals surface area contributed by atoms with Gasteiger partial charge in [-0.25, -0.2) is 12.7 Å². The fourth-order valence-electron chi connectivity index (χ4n) is 1.62. The summed E-state index contributed by atoms with van der Waals surface area (Å²) < 4.78 is 25.8. The van der Waals surface area contributed by atoms with Crippen LogP contribution in [0.15, 0.2) is 24.3 Å². The Kier molecular flexibility index (Phi) is 6.07. The van der Waals surface area contributed by atoms with E-state index < -0.39 is 10.0 Å². The van der Waals surface area contributed by atoms with Gasteiger partial charge < -0.3 is 10.6 Å². The monoisotopic (exact) mass is 315 g/mol. The third-order valence-corrected chi connectivity index (χ3v) is 4.96. The predicted octanol–water partition coefficient (Wildman–Crippen LogP) is 0.644. The second kappa shape index (κ2) is 7.12. The molecule has 2 N–H and O–H groups in total. The van der Waals surface area contributed by atoms with E-state index in [2.05, 4.69) is 0 Å². The van der Waals surface area contributed by atoms with E-state index in [-0.39, 0.29) is 10.7 Å². The number of hydrogen-bond acceptors (Lipinski definition) is 4. The van der Waals surface area contributed by atoms with E-state index in [0.717, 1.165) is 0 Å². The Morgan fingerprint density at radius 2 is 1.90 bits per heavy atom. The van der Waals surface area contributed by atoms with E-state index in [4.69, 9.17) is 18.0 Å². The van der Waals surface area contributed by atoms with Crippen LogP contribution in [-0.4, -0.2) is 56.8 Å². The van der Waals surface area contributed by atoms with Gasteiger partial charge in [0.2, 0.25) is 10.0 Å². The Bertz CT molecular complexity index is 571. The highest BCUT2D eigenvalue weighted by Gasteiger charge is 2.18. The second-order valence-electron chi connectivity index (χ2n) is 4.95. The van der Waals surface area contributed by atoms with Crippen LogP contribution in [0.5, 0.6) is 0 Å². The van der Waals surface area contributed by atoms with Gasteiger partial charge in [-0.15, -0.1) is 0 Å². The van der Waals surface area contributed by atoms with E-state index in [1.54, 1.807) is 31.3 Å². The van der Waals surface area contributed by atoms with E-state index in [1.165, 1.54) is 4.31 Å². The average molecular weight is 315 g/mol. The normalized spacial score (nSPS) is 12.1. The average Bonchev–Trinajstić information content (AvgIpc) is 2.35. The summed E-state index contributed by atoms with van der Waals surface area (Å²) in [7, 11) is 2.08. The van der Waals surface area contributed by atoms with Crippen molar-refractivity contribution in [3.8, 4) is 0 Å². The molecule has 7 heteroatoms. The van der Waals surface area contributed by atoms with Crippen LogP contribution in [0.3, 0.4) is 0 Å². The van der Waals surface area contributed by atoms with Crippen LogP contribution < -0.4 is 5.73 Å². The van der Waals surface area contributed by atoms with Crippen molar-refractivity contribution < 1.29 is 8.42 Å². The minimum atomic E-state index is -3.33. The summed E-state index contributed by atoms with van der Waals surface area (Å²) in [6, 6.07) is 7.02. The Morgan fingerprint density at radius 3 is 2.45 bits per heavy atom. The van der Waals surface area contributed by atoms with Gasteiger partial charge in [0.1, 0.15) is 4.99 Å². The molecule has 0 spiro atoms. The highest BCUT2D eigenvalue weighted by molar-refractivity contribution is 7.88. The van der Waals surface area contributed by atoms with Gasteiger partial charge in [-0.05, 0) is 25.7 Å². The zero-order chi connectivity index (χ0) is 15.3. The van der Waals surface area contributed by atoms with E-state index >= 15 is 0 Å². The lowest BCUT2D eigenvalue weighted by atomic mass is 10.1. The van der Waals surface area contributed by atoms with Crippen molar-refractivity contribution in [1.82, 2.24) is 9.21 Å². The van der Waals surface area contributed by atoms with Crippen molar-refractivity contribution in [2.24, 2.45) is 5.73 Å². The molecule has 0 aliphatic carbocycles. The van der Waals surface area contributed by atoms with E-state index in [0.29, 0.717) is 24.2 Å². The molecule has 0 aliphatic rings. The number of rotatable bonds is 7. The number of likely N-dealkylation sites (N-methyl/N-ethyl adjacent to an activating group) is 2. The molecule has 0 aromatic heterocycles. The highest BCUT2D eigenvalue weighted by atomic mass is 32.2. The molecule has 112 valence electrons. The van der Waals surface area contributed by atoms with Gasteiger partial charge in [-0.2, -0.15) is 0 Å². The molecule has 1 rings (SSSR count). The maximum atomic E-state index is 12.2. The van der Waals surface area contributed by atoms with Crippen LogP contribution in [0.1, 0.15) is 11.1 Å². The maximum Gasteiger partial charge on any atom is 0.218 e. The zero-order valence-corrected chi connectivity index (χ0v) is 13.7. The van der Waals surface area contributed by atoms with Gasteiger partial charge in [0.25, 0.3) is 0 Å². The Labute approximate surface area is 126 Å². The van der Waals surface area contributed by atoms with Crippen molar-refractivity contribution in [2.75, 3.05) is 34.2 Å². The van der Waals surface area contributed by atoms with Crippen LogP contribution in [0.4, 0.5) is 0 Å². The molecule has 0 atom stereocenters. The molecule has 5 nitrogen and oxygen atoms in total. The van der Waals surface area contributed by atoms with Gasteiger partial charge in [-0.3, -0.25) is 0 Å². The number of nitrogens with zero attached hydrogens (tertiary/aromatic N) is 2. The van der Waals surface area contributed by atoms with Gasteiger partial charge in [-0.1, -0.05) is 30.4 Å². The largest absolute Gasteiger partial charge is 0.389 e. The highest BCUT2D eigenvalue weighted by Crippen LogP contribution is 2.12. The predicted molar refractivity (Wildman–Crippen MR) is 86.1 cm³/mol. The van der Waals surface area contributed by atoms with Crippen LogP contribution in [0.2, 0.25) is 0 Å². The fourth-order valence-corrected chi connectivity index (χ4v) is 2.92. The van der Waals surface area contributed by atoms with Gasteiger partial charge in [0.05, 0.1) is 5.75 Å². The zero-order valence-electron chi connectivity index (χ0n) is 12.0. The quantitative estimate of drug-likeness (QED) is 0.748. The summed E-state index contributed by atoms with van der Waals surface area (Å²) >= 11 is 4.90. The molecule has 0 radical (unpaired) electrons.